The molecule has 0 saturated carbocycles. The lowest BCUT2D eigenvalue weighted by Crippen LogP contribution is -2.43. The number of nitrogens with zero attached hydrogens (tertiary/aromatic N) is 5. The summed E-state index contributed by atoms with van der Waals surface area (Å²) in [7, 11) is 0. The van der Waals surface area contributed by atoms with E-state index in [1.165, 1.54) is 11.8 Å². The number of amides is 1. The standard InChI is InChI=1S/C21H29N5O2S/c1-6-7-12-24-19(28)16-10-8-9-11-17(16)26-20(24)22-23-21(26)29-13-18(27)25(14(2)3)15(4)5/h8-11,14-15H,6-7,12-13H2,1-5H3. The largest absolute Gasteiger partial charge is 0.337 e. The van der Waals surface area contributed by atoms with Crippen molar-refractivity contribution in [3.8, 4) is 0 Å². The van der Waals surface area contributed by atoms with Gasteiger partial charge in [0.05, 0.1) is 16.7 Å². The van der Waals surface area contributed by atoms with Crippen LogP contribution in [0.5, 0.6) is 0 Å². The van der Waals surface area contributed by atoms with Crippen molar-refractivity contribution in [2.24, 2.45) is 0 Å². The molecule has 3 rings (SSSR count). The van der Waals surface area contributed by atoms with Crippen molar-refractivity contribution in [3.63, 3.8) is 0 Å². The summed E-state index contributed by atoms with van der Waals surface area (Å²) in [5.41, 5.74) is 0.720. The van der Waals surface area contributed by atoms with Crippen LogP contribution in [0.3, 0.4) is 0 Å². The fraction of sp³-hybridized carbons (Fsp3) is 0.524. The van der Waals surface area contributed by atoms with E-state index in [0.29, 0.717) is 22.9 Å². The van der Waals surface area contributed by atoms with Crippen LogP contribution < -0.4 is 5.56 Å². The van der Waals surface area contributed by atoms with Crippen LogP contribution in [-0.4, -0.2) is 47.8 Å². The van der Waals surface area contributed by atoms with Crippen LogP contribution in [0.4, 0.5) is 0 Å². The van der Waals surface area contributed by atoms with Crippen LogP contribution in [0.25, 0.3) is 16.7 Å². The predicted octanol–water partition coefficient (Wildman–Crippen LogP) is 3.58. The lowest BCUT2D eigenvalue weighted by molar-refractivity contribution is -0.131. The Bertz CT molecular complexity index is 1060. The number of unbranched alkanes of at least 4 members (excludes halogenated alkanes) is 1. The molecule has 3 aromatic rings. The minimum absolute atomic E-state index is 0.0487. The fourth-order valence-corrected chi connectivity index (χ4v) is 4.53. The Morgan fingerprint density at radius 2 is 1.83 bits per heavy atom. The topological polar surface area (TPSA) is 72.5 Å². The van der Waals surface area contributed by atoms with Crippen LogP contribution in [-0.2, 0) is 11.3 Å². The van der Waals surface area contributed by atoms with Gasteiger partial charge in [-0.2, -0.15) is 0 Å². The molecule has 8 heteroatoms. The monoisotopic (exact) mass is 415 g/mol. The molecule has 0 aliphatic rings. The van der Waals surface area contributed by atoms with Crippen molar-refractivity contribution in [1.82, 2.24) is 24.1 Å². The van der Waals surface area contributed by atoms with Crippen molar-refractivity contribution in [2.75, 3.05) is 5.75 Å². The zero-order valence-corrected chi connectivity index (χ0v) is 18.6. The first-order valence-corrected chi connectivity index (χ1v) is 11.2. The van der Waals surface area contributed by atoms with Gasteiger partial charge in [0, 0.05) is 18.6 Å². The summed E-state index contributed by atoms with van der Waals surface area (Å²) in [5, 5.41) is 9.89. The van der Waals surface area contributed by atoms with Crippen molar-refractivity contribution in [1.29, 1.82) is 0 Å². The second-order valence-electron chi connectivity index (χ2n) is 7.72. The van der Waals surface area contributed by atoms with Gasteiger partial charge < -0.3 is 4.90 Å². The third kappa shape index (κ3) is 4.17. The van der Waals surface area contributed by atoms with Gasteiger partial charge in [0.1, 0.15) is 0 Å². The maximum atomic E-state index is 13.0. The fourth-order valence-electron chi connectivity index (χ4n) is 3.72. The molecule has 1 amide bonds. The molecule has 2 heterocycles. The number of aromatic nitrogens is 4. The first-order chi connectivity index (χ1) is 13.9. The number of para-hydroxylation sites is 1. The van der Waals surface area contributed by atoms with Gasteiger partial charge in [0.25, 0.3) is 5.56 Å². The molecule has 0 fully saturated rings. The highest BCUT2D eigenvalue weighted by molar-refractivity contribution is 7.99. The molecule has 156 valence electrons. The first-order valence-electron chi connectivity index (χ1n) is 10.2. The Balaban J connectivity index is 2.03. The molecule has 0 aliphatic carbocycles. The van der Waals surface area contributed by atoms with E-state index in [1.807, 2.05) is 61.3 Å². The normalized spacial score (nSPS) is 11.8. The highest BCUT2D eigenvalue weighted by Gasteiger charge is 2.22. The van der Waals surface area contributed by atoms with Gasteiger partial charge in [0.2, 0.25) is 11.7 Å². The van der Waals surface area contributed by atoms with E-state index < -0.39 is 0 Å². The van der Waals surface area contributed by atoms with Crippen molar-refractivity contribution < 1.29 is 4.79 Å². The summed E-state index contributed by atoms with van der Waals surface area (Å²) in [6.45, 7) is 10.8. The number of fused-ring (bicyclic) bond motifs is 3. The number of hydrogen-bond donors (Lipinski definition) is 0. The van der Waals surface area contributed by atoms with Crippen LogP contribution >= 0.6 is 11.8 Å². The van der Waals surface area contributed by atoms with Gasteiger partial charge >= 0.3 is 0 Å². The molecule has 0 bridgehead atoms. The Labute approximate surface area is 175 Å². The SMILES string of the molecule is CCCCn1c(=O)c2ccccc2n2c(SCC(=O)N(C(C)C)C(C)C)nnc12. The number of aryl methyl sites for hydroxylation is 1. The minimum atomic E-state index is -0.0487. The highest BCUT2D eigenvalue weighted by atomic mass is 32.2. The Kier molecular flexibility index (Phi) is 6.62. The van der Waals surface area contributed by atoms with E-state index in [-0.39, 0.29) is 29.3 Å². The molecule has 0 unspecified atom stereocenters. The Morgan fingerprint density at radius 3 is 2.48 bits per heavy atom. The third-order valence-corrected chi connectivity index (χ3v) is 5.85. The van der Waals surface area contributed by atoms with Crippen LogP contribution in [0.15, 0.2) is 34.2 Å². The number of benzene rings is 1. The Morgan fingerprint density at radius 1 is 1.14 bits per heavy atom. The molecule has 0 spiro atoms. The van der Waals surface area contributed by atoms with E-state index in [2.05, 4.69) is 17.1 Å². The van der Waals surface area contributed by atoms with E-state index in [1.54, 1.807) is 4.57 Å². The maximum absolute atomic E-state index is 13.0. The van der Waals surface area contributed by atoms with Crippen LogP contribution in [0.1, 0.15) is 47.5 Å². The third-order valence-electron chi connectivity index (χ3n) is 4.94. The summed E-state index contributed by atoms with van der Waals surface area (Å²) < 4.78 is 3.60. The van der Waals surface area contributed by atoms with E-state index in [0.717, 1.165) is 18.4 Å². The number of hydrogen-bond acceptors (Lipinski definition) is 5. The highest BCUT2D eigenvalue weighted by Crippen LogP contribution is 2.22. The molecule has 1 aromatic carbocycles. The lowest BCUT2D eigenvalue weighted by atomic mass is 10.2. The zero-order valence-electron chi connectivity index (χ0n) is 17.8. The zero-order chi connectivity index (χ0) is 21.1. The smallest absolute Gasteiger partial charge is 0.262 e. The maximum Gasteiger partial charge on any atom is 0.262 e. The lowest BCUT2D eigenvalue weighted by Gasteiger charge is -2.30. The predicted molar refractivity (Wildman–Crippen MR) is 118 cm³/mol. The number of thioether (sulfide) groups is 1. The first kappa shape index (κ1) is 21.4. The van der Waals surface area contributed by atoms with E-state index in [9.17, 15) is 9.59 Å². The molecule has 0 saturated heterocycles. The van der Waals surface area contributed by atoms with Gasteiger partial charge in [-0.1, -0.05) is 37.2 Å². The second-order valence-corrected chi connectivity index (χ2v) is 8.67. The molecule has 2 aromatic heterocycles. The van der Waals surface area contributed by atoms with E-state index >= 15 is 0 Å². The summed E-state index contributed by atoms with van der Waals surface area (Å²) >= 11 is 1.36. The molecule has 0 atom stereocenters. The number of rotatable bonds is 8. The summed E-state index contributed by atoms with van der Waals surface area (Å²) in [6, 6.07) is 7.77. The summed E-state index contributed by atoms with van der Waals surface area (Å²) in [5.74, 6) is 0.876. The van der Waals surface area contributed by atoms with Gasteiger partial charge in [-0.25, -0.2) is 0 Å². The number of carbonyl (C=O) groups is 1. The molecular formula is C21H29N5O2S. The van der Waals surface area contributed by atoms with Gasteiger partial charge in [-0.15, -0.1) is 10.2 Å². The second kappa shape index (κ2) is 8.98. The quantitative estimate of drug-likeness (QED) is 0.526. The van der Waals surface area contributed by atoms with Crippen LogP contribution in [0.2, 0.25) is 0 Å². The van der Waals surface area contributed by atoms with Gasteiger partial charge in [-0.3, -0.25) is 18.6 Å². The average molecular weight is 416 g/mol. The van der Waals surface area contributed by atoms with Crippen LogP contribution in [0, 0.1) is 0 Å². The molecule has 29 heavy (non-hydrogen) atoms. The molecule has 0 N–H and O–H groups in total. The number of carbonyl (C=O) groups excluding carboxylic acids is 1. The molecule has 0 radical (unpaired) electrons. The molecule has 0 aliphatic heterocycles. The minimum Gasteiger partial charge on any atom is -0.337 e. The summed E-state index contributed by atoms with van der Waals surface area (Å²) in [4.78, 5) is 27.6. The van der Waals surface area contributed by atoms with Crippen molar-refractivity contribution in [3.05, 3.63) is 34.6 Å². The Hall–Kier alpha value is -2.35. The van der Waals surface area contributed by atoms with E-state index in [4.69, 9.17) is 0 Å². The van der Waals surface area contributed by atoms with Crippen molar-refractivity contribution >= 4 is 34.3 Å². The van der Waals surface area contributed by atoms with Gasteiger partial charge in [-0.05, 0) is 46.2 Å². The summed E-state index contributed by atoms with van der Waals surface area (Å²) in [6.07, 6.45) is 1.87. The van der Waals surface area contributed by atoms with Gasteiger partial charge in [0.15, 0.2) is 5.16 Å². The van der Waals surface area contributed by atoms with Crippen molar-refractivity contribution in [2.45, 2.75) is 71.2 Å². The average Bonchev–Trinajstić information content (AvgIpc) is 3.10. The molecule has 7 nitrogen and oxygen atoms in total. The molecular weight excluding hydrogens is 386 g/mol.